The number of hydrogen-bond acceptors (Lipinski definition) is 5. The third kappa shape index (κ3) is 6.65. The number of phenolic OH excluding ortho intramolecular Hbond substituents is 1. The Labute approximate surface area is 286 Å². The van der Waals surface area contributed by atoms with Crippen molar-refractivity contribution in [3.05, 3.63) is 137 Å². The summed E-state index contributed by atoms with van der Waals surface area (Å²) in [5, 5.41) is 21.8. The van der Waals surface area contributed by atoms with E-state index in [4.69, 9.17) is 0 Å². The van der Waals surface area contributed by atoms with Crippen molar-refractivity contribution in [2.24, 2.45) is 7.05 Å². The standard InChI is InChI=1S/C40H40N4O5/c1-26-22-29-10-8-9-11-30(29)25-44(26)39(47)34-19-14-28(20-21-43(40(48)49)32-12-6-5-7-13-32)23-36(34)37-24-35(27(2)41(37)3)38(46)42(4)31-15-17-33(45)18-16-31/h5-19,23-24,26,45H,20-22,25H2,1-4H3,(H,48,49)/p-1/t26-/m1/s1. The number of carbonyl (C=O) groups is 3. The van der Waals surface area contributed by atoms with E-state index in [0.29, 0.717) is 46.7 Å². The Balaban J connectivity index is 1.39. The van der Waals surface area contributed by atoms with E-state index in [1.54, 1.807) is 43.4 Å². The topological polar surface area (TPSA) is 109 Å². The minimum atomic E-state index is -1.29. The minimum absolute atomic E-state index is 0.0244. The van der Waals surface area contributed by atoms with Crippen molar-refractivity contribution in [1.29, 1.82) is 0 Å². The molecule has 1 aliphatic heterocycles. The van der Waals surface area contributed by atoms with Gasteiger partial charge in [-0.05, 0) is 98.0 Å². The van der Waals surface area contributed by atoms with Gasteiger partial charge in [0.2, 0.25) is 0 Å². The van der Waals surface area contributed by atoms with Crippen LogP contribution in [0.5, 0.6) is 5.75 Å². The van der Waals surface area contributed by atoms with Gasteiger partial charge in [-0.3, -0.25) is 9.59 Å². The van der Waals surface area contributed by atoms with Crippen LogP contribution in [0.2, 0.25) is 0 Å². The number of phenols is 1. The molecule has 0 radical (unpaired) electrons. The van der Waals surface area contributed by atoms with E-state index in [9.17, 15) is 24.6 Å². The van der Waals surface area contributed by atoms with Gasteiger partial charge in [-0.25, -0.2) is 0 Å². The lowest BCUT2D eigenvalue weighted by molar-refractivity contribution is -0.246. The maximum Gasteiger partial charge on any atom is 0.259 e. The highest BCUT2D eigenvalue weighted by molar-refractivity contribution is 6.08. The van der Waals surface area contributed by atoms with Gasteiger partial charge in [-0.15, -0.1) is 0 Å². The summed E-state index contributed by atoms with van der Waals surface area (Å²) in [6.45, 7) is 4.57. The van der Waals surface area contributed by atoms with Crippen molar-refractivity contribution in [1.82, 2.24) is 9.47 Å². The second-order valence-electron chi connectivity index (χ2n) is 12.6. The molecule has 49 heavy (non-hydrogen) atoms. The highest BCUT2D eigenvalue weighted by atomic mass is 16.4. The molecule has 0 fully saturated rings. The van der Waals surface area contributed by atoms with Crippen molar-refractivity contribution in [2.45, 2.75) is 39.3 Å². The number of rotatable bonds is 8. The molecule has 9 nitrogen and oxygen atoms in total. The van der Waals surface area contributed by atoms with Crippen LogP contribution in [0.4, 0.5) is 16.2 Å². The largest absolute Gasteiger partial charge is 0.530 e. The smallest absolute Gasteiger partial charge is 0.259 e. The van der Waals surface area contributed by atoms with Crippen molar-refractivity contribution in [2.75, 3.05) is 23.4 Å². The lowest BCUT2D eigenvalue weighted by atomic mass is 9.92. The molecule has 0 saturated heterocycles. The highest BCUT2D eigenvalue weighted by Crippen LogP contribution is 2.33. The zero-order valence-electron chi connectivity index (χ0n) is 28.1. The molecule has 4 aromatic carbocycles. The first kappa shape index (κ1) is 33.1. The second kappa shape index (κ2) is 13.7. The van der Waals surface area contributed by atoms with E-state index in [1.165, 1.54) is 27.5 Å². The number of hydrogen-bond donors (Lipinski definition) is 1. The summed E-state index contributed by atoms with van der Waals surface area (Å²) in [5.74, 6) is -0.238. The summed E-state index contributed by atoms with van der Waals surface area (Å²) >= 11 is 0. The first-order chi connectivity index (χ1) is 23.5. The summed E-state index contributed by atoms with van der Waals surface area (Å²) in [6.07, 6.45) is -0.174. The molecule has 1 N–H and O–H groups in total. The molecule has 0 unspecified atom stereocenters. The molecule has 0 bridgehead atoms. The van der Waals surface area contributed by atoms with Crippen LogP contribution in [-0.4, -0.2) is 52.1 Å². The Morgan fingerprint density at radius 2 is 1.53 bits per heavy atom. The van der Waals surface area contributed by atoms with Crippen LogP contribution >= 0.6 is 0 Å². The summed E-state index contributed by atoms with van der Waals surface area (Å²) in [6, 6.07) is 30.8. The quantitative estimate of drug-likeness (QED) is 0.222. The number of aromatic nitrogens is 1. The summed E-state index contributed by atoms with van der Waals surface area (Å²) in [7, 11) is 3.55. The van der Waals surface area contributed by atoms with Crippen molar-refractivity contribution < 1.29 is 24.6 Å². The van der Waals surface area contributed by atoms with E-state index in [1.807, 2.05) is 65.9 Å². The first-order valence-electron chi connectivity index (χ1n) is 16.3. The normalized spacial score (nSPS) is 13.9. The molecule has 5 aromatic rings. The van der Waals surface area contributed by atoms with Crippen LogP contribution in [0.3, 0.4) is 0 Å². The van der Waals surface area contributed by atoms with Crippen molar-refractivity contribution in [3.8, 4) is 17.0 Å². The molecule has 0 saturated carbocycles. The van der Waals surface area contributed by atoms with E-state index < -0.39 is 6.09 Å². The van der Waals surface area contributed by atoms with Crippen molar-refractivity contribution in [3.63, 3.8) is 0 Å². The minimum Gasteiger partial charge on any atom is -0.530 e. The van der Waals surface area contributed by atoms with Crippen molar-refractivity contribution >= 4 is 29.3 Å². The SMILES string of the molecule is Cc1c(C(=O)N(C)c2ccc(O)cc2)cc(-c2cc(CCN(C(=O)[O-])c3ccccc3)ccc2C(=O)N2Cc3ccccc3C[C@H]2C)n1C. The molecular formula is C40H39N4O5-. The van der Waals surface area contributed by atoms with Crippen LogP contribution in [0.15, 0.2) is 103 Å². The maximum atomic E-state index is 14.5. The summed E-state index contributed by atoms with van der Waals surface area (Å²) in [4.78, 5) is 45.0. The van der Waals surface area contributed by atoms with E-state index in [2.05, 4.69) is 19.1 Å². The van der Waals surface area contributed by atoms with E-state index >= 15 is 0 Å². The average Bonchev–Trinajstić information content (AvgIpc) is 3.40. The Hall–Kier alpha value is -5.83. The van der Waals surface area contributed by atoms with Gasteiger partial charge in [0.05, 0.1) is 5.56 Å². The molecule has 0 aliphatic carbocycles. The fourth-order valence-corrected chi connectivity index (χ4v) is 6.57. The van der Waals surface area contributed by atoms with Gasteiger partial charge < -0.3 is 34.3 Å². The Morgan fingerprint density at radius 1 is 0.857 bits per heavy atom. The van der Waals surface area contributed by atoms with Gasteiger partial charge in [-0.1, -0.05) is 48.5 Å². The van der Waals surface area contributed by atoms with Gasteiger partial charge in [-0.2, -0.15) is 0 Å². The maximum absolute atomic E-state index is 14.5. The molecule has 1 aliphatic rings. The number of nitrogens with zero attached hydrogens (tertiary/aromatic N) is 4. The van der Waals surface area contributed by atoms with Gasteiger partial charge in [0, 0.05) is 67.1 Å². The lowest BCUT2D eigenvalue weighted by Gasteiger charge is -2.35. The van der Waals surface area contributed by atoms with Crippen LogP contribution in [-0.2, 0) is 26.4 Å². The zero-order valence-corrected chi connectivity index (χ0v) is 28.1. The van der Waals surface area contributed by atoms with Gasteiger partial charge in [0.15, 0.2) is 0 Å². The molecule has 1 atom stereocenters. The Kier molecular flexibility index (Phi) is 9.27. The lowest BCUT2D eigenvalue weighted by Crippen LogP contribution is -2.43. The number of aromatic hydroxyl groups is 1. The van der Waals surface area contributed by atoms with E-state index in [-0.39, 0.29) is 30.2 Å². The third-order valence-electron chi connectivity index (χ3n) is 9.58. The number of anilines is 2. The predicted molar refractivity (Wildman–Crippen MR) is 189 cm³/mol. The second-order valence-corrected chi connectivity index (χ2v) is 12.6. The molecule has 0 spiro atoms. The molecule has 1 aromatic heterocycles. The monoisotopic (exact) mass is 655 g/mol. The number of amides is 3. The zero-order chi connectivity index (χ0) is 34.8. The number of carboxylic acid groups (broad SMARTS) is 1. The predicted octanol–water partition coefficient (Wildman–Crippen LogP) is 5.96. The van der Waals surface area contributed by atoms with Crippen LogP contribution < -0.4 is 14.9 Å². The number of benzene rings is 4. The number of fused-ring (bicyclic) bond motifs is 1. The Bertz CT molecular complexity index is 2020. The highest BCUT2D eigenvalue weighted by Gasteiger charge is 2.30. The van der Waals surface area contributed by atoms with Gasteiger partial charge >= 0.3 is 0 Å². The van der Waals surface area contributed by atoms with Gasteiger partial charge in [0.1, 0.15) is 11.8 Å². The third-order valence-corrected chi connectivity index (χ3v) is 9.58. The molecule has 6 rings (SSSR count). The fourth-order valence-electron chi connectivity index (χ4n) is 6.57. The number of carbonyl (C=O) groups excluding carboxylic acids is 3. The number of para-hydroxylation sites is 1. The Morgan fingerprint density at radius 3 is 2.22 bits per heavy atom. The van der Waals surface area contributed by atoms with E-state index in [0.717, 1.165) is 23.2 Å². The molecule has 250 valence electrons. The van der Waals surface area contributed by atoms with Crippen LogP contribution in [0.25, 0.3) is 11.3 Å². The molecular weight excluding hydrogens is 616 g/mol. The molecule has 2 heterocycles. The fraction of sp³-hybridized carbons (Fsp3) is 0.225. The van der Waals surface area contributed by atoms with Crippen LogP contribution in [0.1, 0.15) is 50.0 Å². The van der Waals surface area contributed by atoms with Gasteiger partial charge in [0.25, 0.3) is 11.8 Å². The summed E-state index contributed by atoms with van der Waals surface area (Å²) in [5.41, 5.74) is 7.39. The molecule has 3 amide bonds. The summed E-state index contributed by atoms with van der Waals surface area (Å²) < 4.78 is 1.92. The molecule has 9 heteroatoms. The average molecular weight is 656 g/mol. The van der Waals surface area contributed by atoms with Crippen LogP contribution in [0, 0.1) is 6.92 Å². The first-order valence-corrected chi connectivity index (χ1v) is 16.3.